The van der Waals surface area contributed by atoms with E-state index in [2.05, 4.69) is 15.6 Å². The number of nitrogens with one attached hydrogen (secondary N) is 2. The lowest BCUT2D eigenvalue weighted by Gasteiger charge is -2.12. The molecule has 2 rings (SSSR count). The highest BCUT2D eigenvalue weighted by atomic mass is 127. The maximum atomic E-state index is 11.5. The van der Waals surface area contributed by atoms with E-state index in [0.29, 0.717) is 30.3 Å². The molecule has 1 amide bonds. The largest absolute Gasteiger partial charge is 0.497 e. The second-order valence-corrected chi connectivity index (χ2v) is 5.02. The van der Waals surface area contributed by atoms with Crippen LogP contribution in [-0.4, -0.2) is 39.2 Å². The Kier molecular flexibility index (Phi) is 7.93. The number of ether oxygens (including phenoxy) is 2. The molecule has 8 heteroatoms. The van der Waals surface area contributed by atoms with Gasteiger partial charge in [-0.1, -0.05) is 0 Å². The molecule has 1 aliphatic rings. The van der Waals surface area contributed by atoms with E-state index in [1.165, 1.54) is 0 Å². The molecule has 23 heavy (non-hydrogen) atoms. The van der Waals surface area contributed by atoms with E-state index in [4.69, 9.17) is 15.2 Å². The van der Waals surface area contributed by atoms with Gasteiger partial charge in [0, 0.05) is 18.5 Å². The maximum Gasteiger partial charge on any atom is 0.223 e. The number of nitrogens with two attached hydrogens (primary N) is 1. The number of methoxy groups -OCH3 is 2. The summed E-state index contributed by atoms with van der Waals surface area (Å²) in [7, 11) is 3.17. The van der Waals surface area contributed by atoms with Crippen LogP contribution in [0.25, 0.3) is 0 Å². The van der Waals surface area contributed by atoms with Crippen molar-refractivity contribution in [3.63, 3.8) is 0 Å². The molecule has 0 heterocycles. The van der Waals surface area contributed by atoms with E-state index >= 15 is 0 Å². The number of amides is 1. The Hall–Kier alpha value is -1.71. The summed E-state index contributed by atoms with van der Waals surface area (Å²) in [5.74, 6) is 1.90. The Morgan fingerprint density at radius 2 is 2.09 bits per heavy atom. The van der Waals surface area contributed by atoms with E-state index in [-0.39, 0.29) is 41.8 Å². The van der Waals surface area contributed by atoms with E-state index in [1.807, 2.05) is 0 Å². The third-order valence-electron chi connectivity index (χ3n) is 3.31. The van der Waals surface area contributed by atoms with Gasteiger partial charge in [-0.05, 0) is 25.0 Å². The summed E-state index contributed by atoms with van der Waals surface area (Å²) in [6, 6.07) is 5.35. The molecule has 0 atom stereocenters. The van der Waals surface area contributed by atoms with Crippen LogP contribution in [0.4, 0.5) is 5.69 Å². The Bertz CT molecular complexity index is 562. The average Bonchev–Trinajstić information content (AvgIpc) is 3.36. The summed E-state index contributed by atoms with van der Waals surface area (Å²) >= 11 is 0. The summed E-state index contributed by atoms with van der Waals surface area (Å²) in [5, 5.41) is 5.80. The molecule has 1 aromatic rings. The summed E-state index contributed by atoms with van der Waals surface area (Å²) in [6.45, 7) is 0.899. The molecule has 0 spiro atoms. The number of aliphatic imine (C=N–C) groups is 1. The van der Waals surface area contributed by atoms with Gasteiger partial charge in [0.1, 0.15) is 11.5 Å². The zero-order valence-corrected chi connectivity index (χ0v) is 15.6. The monoisotopic (exact) mass is 434 g/mol. The molecule has 1 fully saturated rings. The first-order valence-electron chi connectivity index (χ1n) is 7.20. The van der Waals surface area contributed by atoms with Crippen molar-refractivity contribution in [2.75, 3.05) is 32.6 Å². The van der Waals surface area contributed by atoms with Gasteiger partial charge in [-0.2, -0.15) is 0 Å². The molecule has 0 aromatic heterocycles. The van der Waals surface area contributed by atoms with Crippen LogP contribution >= 0.6 is 24.0 Å². The quantitative estimate of drug-likeness (QED) is 0.262. The molecular weight excluding hydrogens is 411 g/mol. The fourth-order valence-electron chi connectivity index (χ4n) is 1.93. The van der Waals surface area contributed by atoms with Crippen LogP contribution in [0, 0.1) is 5.92 Å². The van der Waals surface area contributed by atoms with Gasteiger partial charge in [-0.15, -0.1) is 24.0 Å². The Morgan fingerprint density at radius 1 is 1.35 bits per heavy atom. The highest BCUT2D eigenvalue weighted by Crippen LogP contribution is 2.29. The van der Waals surface area contributed by atoms with Crippen LogP contribution in [0.15, 0.2) is 23.2 Å². The van der Waals surface area contributed by atoms with Gasteiger partial charge >= 0.3 is 0 Å². The molecule has 4 N–H and O–H groups in total. The Morgan fingerprint density at radius 3 is 2.70 bits per heavy atom. The van der Waals surface area contributed by atoms with Gasteiger partial charge in [-0.25, -0.2) is 0 Å². The minimum atomic E-state index is 0. The minimum absolute atomic E-state index is 0. The highest BCUT2D eigenvalue weighted by molar-refractivity contribution is 14.0. The lowest BCUT2D eigenvalue weighted by Crippen LogP contribution is -2.29. The number of carbonyl (C=O) groups excluding carboxylic acids is 1. The van der Waals surface area contributed by atoms with E-state index < -0.39 is 0 Å². The van der Waals surface area contributed by atoms with Gasteiger partial charge in [0.25, 0.3) is 0 Å². The van der Waals surface area contributed by atoms with Crippen LogP contribution < -0.4 is 25.8 Å². The first-order chi connectivity index (χ1) is 10.6. The number of nitrogens with zero attached hydrogens (tertiary/aromatic N) is 1. The van der Waals surface area contributed by atoms with Crippen LogP contribution in [-0.2, 0) is 4.79 Å². The third-order valence-corrected chi connectivity index (χ3v) is 3.31. The number of rotatable bonds is 7. The van der Waals surface area contributed by atoms with Gasteiger partial charge in [0.05, 0.1) is 26.5 Å². The smallest absolute Gasteiger partial charge is 0.223 e. The van der Waals surface area contributed by atoms with Crippen LogP contribution in [0.2, 0.25) is 0 Å². The SMILES string of the molecule is COc1ccc(OC)c(NC(N)=NCCNC(=O)C2CC2)c1.I. The van der Waals surface area contributed by atoms with Crippen LogP contribution in [0.3, 0.4) is 0 Å². The van der Waals surface area contributed by atoms with Crippen LogP contribution in [0.1, 0.15) is 12.8 Å². The van der Waals surface area contributed by atoms with Crippen molar-refractivity contribution >= 4 is 41.5 Å². The molecule has 7 nitrogen and oxygen atoms in total. The second kappa shape index (κ2) is 9.43. The number of guanidine groups is 1. The summed E-state index contributed by atoms with van der Waals surface area (Å²) in [5.41, 5.74) is 6.51. The maximum absolute atomic E-state index is 11.5. The zero-order chi connectivity index (χ0) is 15.9. The average molecular weight is 434 g/mol. The molecule has 1 aromatic carbocycles. The first kappa shape index (κ1) is 19.3. The van der Waals surface area contributed by atoms with Crippen molar-refractivity contribution < 1.29 is 14.3 Å². The number of halogens is 1. The predicted molar refractivity (Wildman–Crippen MR) is 101 cm³/mol. The molecule has 1 saturated carbocycles. The summed E-state index contributed by atoms with van der Waals surface area (Å²) < 4.78 is 10.4. The normalized spacial score (nSPS) is 13.7. The Balaban J connectivity index is 0.00000264. The second-order valence-electron chi connectivity index (χ2n) is 5.02. The number of carbonyl (C=O) groups is 1. The molecule has 0 radical (unpaired) electrons. The lowest BCUT2D eigenvalue weighted by atomic mass is 10.2. The van der Waals surface area contributed by atoms with E-state index in [9.17, 15) is 4.79 Å². The summed E-state index contributed by atoms with van der Waals surface area (Å²) in [4.78, 5) is 15.6. The number of hydrogen-bond acceptors (Lipinski definition) is 4. The molecule has 0 unspecified atom stereocenters. The third kappa shape index (κ3) is 6.12. The number of hydrogen-bond donors (Lipinski definition) is 3. The van der Waals surface area contributed by atoms with Gasteiger partial charge in [0.2, 0.25) is 5.91 Å². The van der Waals surface area contributed by atoms with Crippen LogP contribution in [0.5, 0.6) is 11.5 Å². The van der Waals surface area contributed by atoms with Gasteiger partial charge in [0.15, 0.2) is 5.96 Å². The molecular formula is C15H23IN4O3. The summed E-state index contributed by atoms with van der Waals surface area (Å²) in [6.07, 6.45) is 1.99. The van der Waals surface area contributed by atoms with Gasteiger partial charge < -0.3 is 25.8 Å². The predicted octanol–water partition coefficient (Wildman–Crippen LogP) is 1.57. The van der Waals surface area contributed by atoms with Crippen molar-refractivity contribution in [2.45, 2.75) is 12.8 Å². The van der Waals surface area contributed by atoms with Crippen molar-refractivity contribution in [1.29, 1.82) is 0 Å². The molecule has 128 valence electrons. The number of benzene rings is 1. The van der Waals surface area contributed by atoms with Crippen molar-refractivity contribution in [3.8, 4) is 11.5 Å². The van der Waals surface area contributed by atoms with Crippen molar-refractivity contribution in [1.82, 2.24) is 5.32 Å². The fraction of sp³-hybridized carbons (Fsp3) is 0.467. The first-order valence-corrected chi connectivity index (χ1v) is 7.20. The molecule has 0 aliphatic heterocycles. The fourth-order valence-corrected chi connectivity index (χ4v) is 1.93. The van der Waals surface area contributed by atoms with E-state index in [1.54, 1.807) is 32.4 Å². The van der Waals surface area contributed by atoms with Gasteiger partial charge in [-0.3, -0.25) is 9.79 Å². The number of anilines is 1. The molecule has 0 bridgehead atoms. The minimum Gasteiger partial charge on any atom is -0.497 e. The Labute approximate surface area is 153 Å². The molecule has 1 aliphatic carbocycles. The molecule has 0 saturated heterocycles. The highest BCUT2D eigenvalue weighted by Gasteiger charge is 2.28. The topological polar surface area (TPSA) is 98.0 Å². The lowest BCUT2D eigenvalue weighted by molar-refractivity contribution is -0.122. The standard InChI is InChI=1S/C15H22N4O3.HI/c1-21-11-5-6-13(22-2)12(9-11)19-15(16)18-8-7-17-14(20)10-3-4-10;/h5-6,9-10H,3-4,7-8H2,1-2H3,(H,17,20)(H3,16,18,19);1H. The van der Waals surface area contributed by atoms with Crippen molar-refractivity contribution in [3.05, 3.63) is 18.2 Å². The zero-order valence-electron chi connectivity index (χ0n) is 13.3. The van der Waals surface area contributed by atoms with Crippen molar-refractivity contribution in [2.24, 2.45) is 16.6 Å². The van der Waals surface area contributed by atoms with E-state index in [0.717, 1.165) is 12.8 Å².